The molecule has 1 aliphatic heterocycles. The summed E-state index contributed by atoms with van der Waals surface area (Å²) in [6.07, 6.45) is 4.65. The summed E-state index contributed by atoms with van der Waals surface area (Å²) in [4.78, 5) is 35.4. The molecule has 2 aromatic heterocycles. The number of hydrogen-bond acceptors (Lipinski definition) is 6. The molecule has 28 heavy (non-hydrogen) atoms. The Morgan fingerprint density at radius 2 is 2.04 bits per heavy atom. The summed E-state index contributed by atoms with van der Waals surface area (Å²) in [5.41, 5.74) is 1.40. The SMILES string of the molecule is O=C(NCc1cccnc1-n1cncn1)[C@@H]1CSCN1C(=O)c1ccccc1. The molecule has 1 N–H and O–H groups in total. The van der Waals surface area contributed by atoms with E-state index in [1.807, 2.05) is 24.3 Å². The van der Waals surface area contributed by atoms with Crippen molar-refractivity contribution >= 4 is 23.6 Å². The number of nitrogens with zero attached hydrogens (tertiary/aromatic N) is 5. The minimum Gasteiger partial charge on any atom is -0.350 e. The zero-order chi connectivity index (χ0) is 19.3. The van der Waals surface area contributed by atoms with Crippen molar-refractivity contribution in [2.75, 3.05) is 11.6 Å². The fraction of sp³-hybridized carbons (Fsp3) is 0.211. The van der Waals surface area contributed by atoms with Gasteiger partial charge in [0.1, 0.15) is 18.7 Å². The number of pyridine rings is 1. The number of thioether (sulfide) groups is 1. The molecule has 0 unspecified atom stereocenters. The van der Waals surface area contributed by atoms with Gasteiger partial charge in [-0.25, -0.2) is 14.6 Å². The van der Waals surface area contributed by atoms with Crippen LogP contribution in [0.5, 0.6) is 0 Å². The van der Waals surface area contributed by atoms with Gasteiger partial charge in [0.25, 0.3) is 5.91 Å². The number of benzene rings is 1. The summed E-state index contributed by atoms with van der Waals surface area (Å²) in [7, 11) is 0. The molecule has 0 saturated carbocycles. The van der Waals surface area contributed by atoms with Gasteiger partial charge in [-0.05, 0) is 18.2 Å². The van der Waals surface area contributed by atoms with Crippen LogP contribution in [0.1, 0.15) is 15.9 Å². The lowest BCUT2D eigenvalue weighted by molar-refractivity contribution is -0.124. The third-order valence-electron chi connectivity index (χ3n) is 4.42. The fourth-order valence-electron chi connectivity index (χ4n) is 3.00. The fourth-order valence-corrected chi connectivity index (χ4v) is 4.15. The molecule has 1 atom stereocenters. The zero-order valence-corrected chi connectivity index (χ0v) is 15.7. The van der Waals surface area contributed by atoms with Crippen LogP contribution in [0, 0.1) is 0 Å². The van der Waals surface area contributed by atoms with Crippen LogP contribution in [-0.2, 0) is 11.3 Å². The molecule has 142 valence electrons. The highest BCUT2D eigenvalue weighted by atomic mass is 32.2. The Bertz CT molecular complexity index is 964. The smallest absolute Gasteiger partial charge is 0.255 e. The summed E-state index contributed by atoms with van der Waals surface area (Å²) in [6, 6.07) is 12.2. The van der Waals surface area contributed by atoms with Gasteiger partial charge in [-0.1, -0.05) is 24.3 Å². The van der Waals surface area contributed by atoms with Gasteiger partial charge in [0.2, 0.25) is 5.91 Å². The van der Waals surface area contributed by atoms with E-state index in [2.05, 4.69) is 20.4 Å². The third-order valence-corrected chi connectivity index (χ3v) is 5.44. The molecular formula is C19H18N6O2S. The van der Waals surface area contributed by atoms with Gasteiger partial charge in [0.05, 0.1) is 5.88 Å². The normalized spacial score (nSPS) is 16.1. The first kappa shape index (κ1) is 18.2. The van der Waals surface area contributed by atoms with Crippen molar-refractivity contribution in [1.82, 2.24) is 30.0 Å². The Hall–Kier alpha value is -3.20. The van der Waals surface area contributed by atoms with Crippen LogP contribution in [0.4, 0.5) is 0 Å². The van der Waals surface area contributed by atoms with Crippen molar-refractivity contribution in [1.29, 1.82) is 0 Å². The topological polar surface area (TPSA) is 93.0 Å². The van der Waals surface area contributed by atoms with Crippen LogP contribution in [-0.4, -0.2) is 54.1 Å². The first-order valence-electron chi connectivity index (χ1n) is 8.74. The predicted octanol–water partition coefficient (Wildman–Crippen LogP) is 1.49. The average Bonchev–Trinajstić information content (AvgIpc) is 3.44. The molecule has 1 aromatic carbocycles. The van der Waals surface area contributed by atoms with Crippen LogP contribution in [0.25, 0.3) is 5.82 Å². The first-order chi connectivity index (χ1) is 13.7. The summed E-state index contributed by atoms with van der Waals surface area (Å²) in [5, 5.41) is 7.03. The molecule has 8 nitrogen and oxygen atoms in total. The summed E-state index contributed by atoms with van der Waals surface area (Å²) < 4.78 is 1.55. The molecular weight excluding hydrogens is 376 g/mol. The minimum atomic E-state index is -0.496. The second-order valence-electron chi connectivity index (χ2n) is 6.20. The number of carbonyl (C=O) groups is 2. The Labute approximate surface area is 166 Å². The van der Waals surface area contributed by atoms with Crippen LogP contribution in [0.15, 0.2) is 61.3 Å². The van der Waals surface area contributed by atoms with Crippen molar-refractivity contribution < 1.29 is 9.59 Å². The molecule has 3 heterocycles. The maximum Gasteiger partial charge on any atom is 0.255 e. The van der Waals surface area contributed by atoms with Crippen LogP contribution in [0.3, 0.4) is 0 Å². The number of hydrogen-bond donors (Lipinski definition) is 1. The molecule has 3 aromatic rings. The number of rotatable bonds is 5. The molecule has 0 bridgehead atoms. The Kier molecular flexibility index (Phi) is 5.34. The Morgan fingerprint density at radius 3 is 2.82 bits per heavy atom. The van der Waals surface area contributed by atoms with Gasteiger partial charge in [-0.15, -0.1) is 11.8 Å². The highest BCUT2D eigenvalue weighted by Gasteiger charge is 2.35. The molecule has 4 rings (SSSR count). The van der Waals surface area contributed by atoms with Crippen LogP contribution < -0.4 is 5.32 Å². The van der Waals surface area contributed by atoms with Gasteiger partial charge in [-0.3, -0.25) is 9.59 Å². The summed E-state index contributed by atoms with van der Waals surface area (Å²) in [6.45, 7) is 0.288. The highest BCUT2D eigenvalue weighted by Crippen LogP contribution is 2.23. The largest absolute Gasteiger partial charge is 0.350 e. The second-order valence-corrected chi connectivity index (χ2v) is 7.20. The molecule has 2 amide bonds. The van der Waals surface area contributed by atoms with Gasteiger partial charge in [-0.2, -0.15) is 5.10 Å². The van der Waals surface area contributed by atoms with Crippen molar-refractivity contribution in [2.24, 2.45) is 0 Å². The lowest BCUT2D eigenvalue weighted by Gasteiger charge is -2.23. The highest BCUT2D eigenvalue weighted by molar-refractivity contribution is 7.99. The lowest BCUT2D eigenvalue weighted by Crippen LogP contribution is -2.47. The van der Waals surface area contributed by atoms with Gasteiger partial charge in [0.15, 0.2) is 5.82 Å². The van der Waals surface area contributed by atoms with Gasteiger partial charge < -0.3 is 10.2 Å². The van der Waals surface area contributed by atoms with E-state index in [-0.39, 0.29) is 18.4 Å². The molecule has 1 fully saturated rings. The van der Waals surface area contributed by atoms with E-state index in [1.54, 1.807) is 52.1 Å². The number of carbonyl (C=O) groups excluding carboxylic acids is 2. The van der Waals surface area contributed by atoms with E-state index < -0.39 is 6.04 Å². The van der Waals surface area contributed by atoms with Crippen molar-refractivity contribution in [2.45, 2.75) is 12.6 Å². The molecule has 0 aliphatic carbocycles. The van der Waals surface area contributed by atoms with Gasteiger partial charge in [0, 0.05) is 29.6 Å². The maximum absolute atomic E-state index is 12.8. The molecule has 9 heteroatoms. The van der Waals surface area contributed by atoms with Crippen molar-refractivity contribution in [3.8, 4) is 5.82 Å². The zero-order valence-electron chi connectivity index (χ0n) is 14.9. The molecule has 0 spiro atoms. The summed E-state index contributed by atoms with van der Waals surface area (Å²) >= 11 is 1.57. The minimum absolute atomic E-state index is 0.129. The molecule has 0 radical (unpaired) electrons. The van der Waals surface area contributed by atoms with Crippen LogP contribution >= 0.6 is 11.8 Å². The van der Waals surface area contributed by atoms with Crippen LogP contribution in [0.2, 0.25) is 0 Å². The van der Waals surface area contributed by atoms with Crippen molar-refractivity contribution in [3.05, 3.63) is 72.4 Å². The quantitative estimate of drug-likeness (QED) is 0.705. The predicted molar refractivity (Wildman–Crippen MR) is 105 cm³/mol. The van der Waals surface area contributed by atoms with E-state index >= 15 is 0 Å². The average molecular weight is 394 g/mol. The Morgan fingerprint density at radius 1 is 1.18 bits per heavy atom. The molecule has 1 aliphatic rings. The van der Waals surface area contributed by atoms with E-state index in [9.17, 15) is 9.59 Å². The number of aromatic nitrogens is 4. The van der Waals surface area contributed by atoms with E-state index in [0.29, 0.717) is 23.0 Å². The standard InChI is InChI=1S/C19H18N6O2S/c26-18(16-10-28-13-24(16)19(27)14-5-2-1-3-6-14)22-9-15-7-4-8-21-17(15)25-12-20-11-23-25/h1-8,11-12,16H,9-10,13H2,(H,22,26)/t16-/m0/s1. The number of nitrogens with one attached hydrogen (secondary N) is 1. The molecule has 1 saturated heterocycles. The van der Waals surface area contributed by atoms with E-state index in [1.165, 1.54) is 6.33 Å². The maximum atomic E-state index is 12.8. The third kappa shape index (κ3) is 3.74. The Balaban J connectivity index is 1.45. The van der Waals surface area contributed by atoms with E-state index in [0.717, 1.165) is 5.56 Å². The lowest BCUT2D eigenvalue weighted by atomic mass is 10.1. The van der Waals surface area contributed by atoms with Crippen molar-refractivity contribution in [3.63, 3.8) is 0 Å². The number of amides is 2. The van der Waals surface area contributed by atoms with E-state index in [4.69, 9.17) is 0 Å². The second kappa shape index (κ2) is 8.22. The first-order valence-corrected chi connectivity index (χ1v) is 9.90. The monoisotopic (exact) mass is 394 g/mol. The summed E-state index contributed by atoms with van der Waals surface area (Å²) in [5.74, 6) is 1.38. The van der Waals surface area contributed by atoms with Gasteiger partial charge >= 0.3 is 0 Å².